The van der Waals surface area contributed by atoms with Crippen molar-refractivity contribution in [1.82, 2.24) is 4.90 Å². The maximum Gasteiger partial charge on any atom is 0.255 e. The largest absolute Gasteiger partial charge is 0.323 e. The van der Waals surface area contributed by atoms with Crippen molar-refractivity contribution >= 4 is 40.7 Å². The third-order valence-corrected chi connectivity index (χ3v) is 5.28. The number of nitrogens with zero attached hydrogens (tertiary/aromatic N) is 1. The lowest BCUT2D eigenvalue weighted by Gasteiger charge is -2.27. The fourth-order valence-electron chi connectivity index (χ4n) is 3.39. The zero-order chi connectivity index (χ0) is 19.7. The Morgan fingerprint density at radius 1 is 0.964 bits per heavy atom. The standard InChI is InChI=1S/C22H16Cl2N2O2/c23-16-10-11-18(24)19(12-16)25-21(27)20(14-6-2-1-3-7-14)26-13-15-8-4-5-9-17(15)22(26)28/h1-12,20H,13H2,(H,25,27)/t20-/m1/s1. The van der Waals surface area contributed by atoms with E-state index in [0.717, 1.165) is 11.1 Å². The molecule has 0 bridgehead atoms. The average Bonchev–Trinajstić information content (AvgIpc) is 3.02. The van der Waals surface area contributed by atoms with Gasteiger partial charge in [0.25, 0.3) is 11.8 Å². The lowest BCUT2D eigenvalue weighted by molar-refractivity contribution is -0.120. The Morgan fingerprint density at radius 2 is 1.68 bits per heavy atom. The highest BCUT2D eigenvalue weighted by Crippen LogP contribution is 2.33. The monoisotopic (exact) mass is 410 g/mol. The van der Waals surface area contributed by atoms with E-state index in [4.69, 9.17) is 23.2 Å². The van der Waals surface area contributed by atoms with Gasteiger partial charge in [-0.25, -0.2) is 0 Å². The molecule has 0 fully saturated rings. The van der Waals surface area contributed by atoms with Crippen LogP contribution >= 0.6 is 23.2 Å². The predicted octanol–water partition coefficient (Wildman–Crippen LogP) is 5.33. The molecule has 140 valence electrons. The number of benzene rings is 3. The quantitative estimate of drug-likeness (QED) is 0.631. The van der Waals surface area contributed by atoms with Crippen molar-refractivity contribution < 1.29 is 9.59 Å². The Kier molecular flexibility index (Phi) is 5.07. The molecule has 3 aromatic carbocycles. The van der Waals surface area contributed by atoms with Crippen LogP contribution in [-0.2, 0) is 11.3 Å². The van der Waals surface area contributed by atoms with E-state index in [0.29, 0.717) is 27.8 Å². The molecule has 1 aliphatic heterocycles. The average molecular weight is 411 g/mol. The second kappa shape index (κ2) is 7.66. The Labute approximate surface area is 172 Å². The number of hydrogen-bond donors (Lipinski definition) is 1. The third kappa shape index (κ3) is 3.49. The lowest BCUT2D eigenvalue weighted by atomic mass is 10.0. The van der Waals surface area contributed by atoms with Gasteiger partial charge in [-0.2, -0.15) is 0 Å². The number of halogens is 2. The number of hydrogen-bond acceptors (Lipinski definition) is 2. The highest BCUT2D eigenvalue weighted by Gasteiger charge is 2.37. The van der Waals surface area contributed by atoms with Gasteiger partial charge in [0.1, 0.15) is 6.04 Å². The van der Waals surface area contributed by atoms with Gasteiger partial charge in [-0.05, 0) is 35.4 Å². The van der Waals surface area contributed by atoms with Crippen molar-refractivity contribution in [2.45, 2.75) is 12.6 Å². The highest BCUT2D eigenvalue weighted by molar-refractivity contribution is 6.35. The van der Waals surface area contributed by atoms with Crippen LogP contribution in [0, 0.1) is 0 Å². The molecular formula is C22H16Cl2N2O2. The lowest BCUT2D eigenvalue weighted by Crippen LogP contribution is -2.37. The van der Waals surface area contributed by atoms with Crippen LogP contribution in [0.4, 0.5) is 5.69 Å². The molecule has 1 aliphatic rings. The number of fused-ring (bicyclic) bond motifs is 1. The molecule has 1 N–H and O–H groups in total. The molecule has 1 atom stereocenters. The van der Waals surface area contributed by atoms with E-state index in [9.17, 15) is 9.59 Å². The normalized spacial score (nSPS) is 13.9. The van der Waals surface area contributed by atoms with Crippen molar-refractivity contribution in [3.63, 3.8) is 0 Å². The van der Waals surface area contributed by atoms with Crippen LogP contribution in [0.1, 0.15) is 27.5 Å². The van der Waals surface area contributed by atoms with E-state index in [1.807, 2.05) is 48.5 Å². The number of amides is 2. The highest BCUT2D eigenvalue weighted by atomic mass is 35.5. The van der Waals surface area contributed by atoms with Gasteiger partial charge in [0, 0.05) is 17.1 Å². The molecule has 0 aliphatic carbocycles. The van der Waals surface area contributed by atoms with E-state index >= 15 is 0 Å². The molecule has 0 saturated heterocycles. The Bertz CT molecular complexity index is 1050. The number of carbonyl (C=O) groups excluding carboxylic acids is 2. The number of carbonyl (C=O) groups is 2. The third-order valence-electron chi connectivity index (χ3n) is 4.71. The second-order valence-corrected chi connectivity index (χ2v) is 7.36. The molecule has 3 aromatic rings. The van der Waals surface area contributed by atoms with Crippen molar-refractivity contribution in [3.05, 3.63) is 99.5 Å². The molecular weight excluding hydrogens is 395 g/mol. The summed E-state index contributed by atoms with van der Waals surface area (Å²) >= 11 is 12.2. The van der Waals surface area contributed by atoms with Gasteiger partial charge in [-0.15, -0.1) is 0 Å². The minimum Gasteiger partial charge on any atom is -0.323 e. The smallest absolute Gasteiger partial charge is 0.255 e. The zero-order valence-corrected chi connectivity index (χ0v) is 16.2. The van der Waals surface area contributed by atoms with Crippen molar-refractivity contribution in [3.8, 4) is 0 Å². The Balaban J connectivity index is 1.70. The maximum absolute atomic E-state index is 13.3. The van der Waals surface area contributed by atoms with Gasteiger partial charge in [0.15, 0.2) is 0 Å². The van der Waals surface area contributed by atoms with Crippen LogP contribution in [0.3, 0.4) is 0 Å². The van der Waals surface area contributed by atoms with Gasteiger partial charge in [0.2, 0.25) is 0 Å². The van der Waals surface area contributed by atoms with Crippen LogP contribution in [-0.4, -0.2) is 16.7 Å². The van der Waals surface area contributed by atoms with Crippen LogP contribution in [0.25, 0.3) is 0 Å². The van der Waals surface area contributed by atoms with Crippen molar-refractivity contribution in [2.24, 2.45) is 0 Å². The summed E-state index contributed by atoms with van der Waals surface area (Å²) in [5.74, 6) is -0.520. The van der Waals surface area contributed by atoms with Crippen LogP contribution < -0.4 is 5.32 Å². The minimum atomic E-state index is -0.795. The summed E-state index contributed by atoms with van der Waals surface area (Å²) in [6, 6.07) is 20.7. The van der Waals surface area contributed by atoms with E-state index < -0.39 is 6.04 Å². The molecule has 28 heavy (non-hydrogen) atoms. The topological polar surface area (TPSA) is 49.4 Å². The van der Waals surface area contributed by atoms with Gasteiger partial charge in [-0.1, -0.05) is 71.7 Å². The summed E-state index contributed by atoms with van der Waals surface area (Å²) in [7, 11) is 0. The molecule has 0 saturated carbocycles. The van der Waals surface area contributed by atoms with Crippen LogP contribution in [0.5, 0.6) is 0 Å². The summed E-state index contributed by atoms with van der Waals surface area (Å²) in [4.78, 5) is 27.8. The fraction of sp³-hybridized carbons (Fsp3) is 0.0909. The summed E-state index contributed by atoms with van der Waals surface area (Å²) in [6.07, 6.45) is 0. The second-order valence-electron chi connectivity index (χ2n) is 6.52. The first-order valence-corrected chi connectivity index (χ1v) is 9.50. The van der Waals surface area contributed by atoms with E-state index in [-0.39, 0.29) is 11.8 Å². The summed E-state index contributed by atoms with van der Waals surface area (Å²) < 4.78 is 0. The molecule has 1 heterocycles. The molecule has 4 rings (SSSR count). The van der Waals surface area contributed by atoms with E-state index in [1.54, 1.807) is 29.2 Å². The van der Waals surface area contributed by atoms with Crippen molar-refractivity contribution in [1.29, 1.82) is 0 Å². The van der Waals surface area contributed by atoms with Gasteiger partial charge < -0.3 is 10.2 Å². The molecule has 0 radical (unpaired) electrons. The molecule has 0 spiro atoms. The van der Waals surface area contributed by atoms with Crippen molar-refractivity contribution in [2.75, 3.05) is 5.32 Å². The molecule has 2 amide bonds. The number of nitrogens with one attached hydrogen (secondary N) is 1. The van der Waals surface area contributed by atoms with Gasteiger partial charge in [-0.3, -0.25) is 9.59 Å². The van der Waals surface area contributed by atoms with Crippen LogP contribution in [0.15, 0.2) is 72.8 Å². The van der Waals surface area contributed by atoms with Gasteiger partial charge >= 0.3 is 0 Å². The summed E-state index contributed by atoms with van der Waals surface area (Å²) in [6.45, 7) is 0.366. The SMILES string of the molecule is O=C(Nc1cc(Cl)ccc1Cl)[C@@H](c1ccccc1)N1Cc2ccccc2C1=O. The first-order valence-electron chi connectivity index (χ1n) is 8.74. The van der Waals surface area contributed by atoms with Gasteiger partial charge in [0.05, 0.1) is 10.7 Å². The Morgan fingerprint density at radius 3 is 2.43 bits per heavy atom. The summed E-state index contributed by atoms with van der Waals surface area (Å²) in [5.41, 5.74) is 2.66. The first-order chi connectivity index (χ1) is 13.5. The molecule has 0 aromatic heterocycles. The minimum absolute atomic E-state index is 0.170. The van der Waals surface area contributed by atoms with E-state index in [1.165, 1.54) is 0 Å². The van der Waals surface area contributed by atoms with E-state index in [2.05, 4.69) is 5.32 Å². The zero-order valence-electron chi connectivity index (χ0n) is 14.7. The Hall–Kier alpha value is -2.82. The molecule has 6 heteroatoms. The fourth-order valence-corrected chi connectivity index (χ4v) is 3.72. The number of anilines is 1. The van der Waals surface area contributed by atoms with Crippen LogP contribution in [0.2, 0.25) is 10.0 Å². The maximum atomic E-state index is 13.3. The predicted molar refractivity (Wildman–Crippen MR) is 111 cm³/mol. The molecule has 0 unspecified atom stereocenters. The first kappa shape index (κ1) is 18.5. The number of rotatable bonds is 4. The summed E-state index contributed by atoms with van der Waals surface area (Å²) in [5, 5.41) is 3.66. The molecule has 4 nitrogen and oxygen atoms in total.